The molecule has 2 aromatic rings. The van der Waals surface area contributed by atoms with Crippen molar-refractivity contribution in [1.29, 1.82) is 0 Å². The molecule has 2 heterocycles. The lowest BCUT2D eigenvalue weighted by molar-refractivity contribution is -0.149. The summed E-state index contributed by atoms with van der Waals surface area (Å²) < 4.78 is 16.3. The molecule has 1 aromatic carbocycles. The molecule has 6 heteroatoms. The lowest BCUT2D eigenvalue weighted by Crippen LogP contribution is -2.39. The lowest BCUT2D eigenvalue weighted by atomic mass is 10.1. The summed E-state index contributed by atoms with van der Waals surface area (Å²) >= 11 is 0. The van der Waals surface area contributed by atoms with Gasteiger partial charge in [-0.05, 0) is 45.0 Å². The molecule has 1 aliphatic rings. The van der Waals surface area contributed by atoms with Gasteiger partial charge in [-0.3, -0.25) is 4.79 Å². The first-order valence-corrected chi connectivity index (χ1v) is 8.20. The zero-order valence-electron chi connectivity index (χ0n) is 14.5. The molecule has 0 saturated carbocycles. The van der Waals surface area contributed by atoms with Crippen molar-refractivity contribution >= 4 is 11.9 Å². The highest BCUT2D eigenvalue weighted by Crippen LogP contribution is 2.29. The summed E-state index contributed by atoms with van der Waals surface area (Å²) in [6.07, 6.45) is -0.184. The first kappa shape index (κ1) is 17.2. The van der Waals surface area contributed by atoms with Gasteiger partial charge in [0, 0.05) is 24.4 Å². The normalized spacial score (nSPS) is 20.1. The minimum atomic E-state index is -2.36. The number of hydrogen-bond acceptors (Lipinski definition) is 2. The van der Waals surface area contributed by atoms with Gasteiger partial charge in [-0.1, -0.05) is 11.6 Å². The van der Waals surface area contributed by atoms with Crippen LogP contribution in [0.3, 0.4) is 0 Å². The Balaban J connectivity index is 2.02. The Morgan fingerprint density at radius 3 is 2.32 bits per heavy atom. The number of carbonyl (C=O) groups excluding carboxylic acids is 1. The van der Waals surface area contributed by atoms with Gasteiger partial charge in [0.2, 0.25) is 5.67 Å². The predicted octanol–water partition coefficient (Wildman–Crippen LogP) is 3.04. The van der Waals surface area contributed by atoms with E-state index in [9.17, 15) is 14.0 Å². The minimum absolute atomic E-state index is 0.0959. The number of nitrogens with zero attached hydrogens (tertiary/aromatic N) is 2. The lowest BCUT2D eigenvalue weighted by Gasteiger charge is -2.21. The number of halogens is 1. The summed E-state index contributed by atoms with van der Waals surface area (Å²) in [4.78, 5) is 25.4. The van der Waals surface area contributed by atoms with E-state index in [1.807, 2.05) is 49.6 Å². The van der Waals surface area contributed by atoms with Crippen LogP contribution in [0.25, 0.3) is 5.69 Å². The molecule has 1 unspecified atom stereocenters. The zero-order chi connectivity index (χ0) is 18.4. The number of aliphatic carboxylic acids is 1. The third-order valence-electron chi connectivity index (χ3n) is 4.78. The van der Waals surface area contributed by atoms with Gasteiger partial charge < -0.3 is 14.6 Å². The van der Waals surface area contributed by atoms with Crippen molar-refractivity contribution in [2.75, 3.05) is 13.1 Å². The second kappa shape index (κ2) is 6.02. The number of aryl methyl sites for hydroxylation is 3. The zero-order valence-corrected chi connectivity index (χ0v) is 14.5. The summed E-state index contributed by atoms with van der Waals surface area (Å²) in [5.41, 5.74) is 1.71. The van der Waals surface area contributed by atoms with Crippen molar-refractivity contribution in [2.24, 2.45) is 0 Å². The molecule has 1 aliphatic heterocycles. The highest BCUT2D eigenvalue weighted by atomic mass is 19.1. The maximum atomic E-state index is 14.3. The van der Waals surface area contributed by atoms with Crippen LogP contribution in [-0.2, 0) is 4.79 Å². The van der Waals surface area contributed by atoms with Crippen LogP contribution in [-0.4, -0.2) is 45.2 Å². The molecule has 1 aromatic heterocycles. The van der Waals surface area contributed by atoms with Gasteiger partial charge in [0.15, 0.2) is 0 Å². The van der Waals surface area contributed by atoms with E-state index in [1.165, 1.54) is 4.90 Å². The minimum Gasteiger partial charge on any atom is -0.479 e. The van der Waals surface area contributed by atoms with Crippen LogP contribution < -0.4 is 0 Å². The number of carboxylic acid groups (broad SMARTS) is 1. The van der Waals surface area contributed by atoms with Crippen LogP contribution in [0.1, 0.15) is 33.7 Å². The number of alkyl halides is 1. The highest BCUT2D eigenvalue weighted by molar-refractivity contribution is 5.99. The molecule has 1 saturated heterocycles. The van der Waals surface area contributed by atoms with E-state index < -0.39 is 18.2 Å². The Labute approximate surface area is 145 Å². The molecular weight excluding hydrogens is 323 g/mol. The average Bonchev–Trinajstić information content (AvgIpc) is 3.11. The predicted molar refractivity (Wildman–Crippen MR) is 92.0 cm³/mol. The van der Waals surface area contributed by atoms with E-state index in [2.05, 4.69) is 0 Å². The summed E-state index contributed by atoms with van der Waals surface area (Å²) in [5.74, 6) is -1.85. The molecule has 132 valence electrons. The average molecular weight is 344 g/mol. The Morgan fingerprint density at radius 2 is 1.76 bits per heavy atom. The van der Waals surface area contributed by atoms with Crippen LogP contribution in [0.5, 0.6) is 0 Å². The second-order valence-electron chi connectivity index (χ2n) is 6.72. The van der Waals surface area contributed by atoms with Crippen LogP contribution in [0.15, 0.2) is 30.3 Å². The van der Waals surface area contributed by atoms with E-state index in [1.54, 1.807) is 6.07 Å². The van der Waals surface area contributed by atoms with Crippen molar-refractivity contribution in [1.82, 2.24) is 9.47 Å². The molecule has 25 heavy (non-hydrogen) atoms. The third kappa shape index (κ3) is 2.92. The molecule has 1 amide bonds. The second-order valence-corrected chi connectivity index (χ2v) is 6.72. The maximum Gasteiger partial charge on any atom is 0.343 e. The fourth-order valence-corrected chi connectivity index (χ4v) is 3.36. The van der Waals surface area contributed by atoms with Crippen molar-refractivity contribution in [3.63, 3.8) is 0 Å². The van der Waals surface area contributed by atoms with Crippen LogP contribution >= 0.6 is 0 Å². The molecule has 0 aliphatic carbocycles. The Morgan fingerprint density at radius 1 is 1.12 bits per heavy atom. The molecule has 0 radical (unpaired) electrons. The van der Waals surface area contributed by atoms with E-state index in [4.69, 9.17) is 5.11 Å². The molecule has 0 spiro atoms. The molecule has 1 N–H and O–H groups in total. The van der Waals surface area contributed by atoms with Gasteiger partial charge >= 0.3 is 5.97 Å². The quantitative estimate of drug-likeness (QED) is 0.931. The molecular formula is C19H21FN2O3. The first-order valence-electron chi connectivity index (χ1n) is 8.20. The fraction of sp³-hybridized carbons (Fsp3) is 0.368. The van der Waals surface area contributed by atoms with E-state index in [0.717, 1.165) is 22.6 Å². The maximum absolute atomic E-state index is 14.3. The van der Waals surface area contributed by atoms with Gasteiger partial charge in [-0.15, -0.1) is 0 Å². The van der Waals surface area contributed by atoms with Crippen molar-refractivity contribution in [3.05, 3.63) is 52.8 Å². The number of benzene rings is 1. The molecule has 5 nitrogen and oxygen atoms in total. The number of carbonyl (C=O) groups is 2. The molecule has 1 atom stereocenters. The van der Waals surface area contributed by atoms with Crippen LogP contribution in [0.4, 0.5) is 4.39 Å². The summed E-state index contributed by atoms with van der Waals surface area (Å²) in [5, 5.41) is 9.05. The number of aromatic nitrogens is 1. The van der Waals surface area contributed by atoms with Gasteiger partial charge in [-0.2, -0.15) is 0 Å². The van der Waals surface area contributed by atoms with Crippen molar-refractivity contribution in [2.45, 2.75) is 32.9 Å². The van der Waals surface area contributed by atoms with Gasteiger partial charge in [-0.25, -0.2) is 9.18 Å². The molecule has 3 rings (SSSR count). The number of rotatable bonds is 3. The third-order valence-corrected chi connectivity index (χ3v) is 4.78. The smallest absolute Gasteiger partial charge is 0.343 e. The molecule has 0 bridgehead atoms. The number of likely N-dealkylation sites (tertiary alicyclic amines) is 1. The Bertz CT molecular complexity index is 839. The SMILES string of the molecule is Cc1ccc(-n2c(C)ccc2C)c(C(=O)N2CCC(F)(C(=O)O)C2)c1. The monoisotopic (exact) mass is 344 g/mol. The van der Waals surface area contributed by atoms with Crippen LogP contribution in [0, 0.1) is 20.8 Å². The number of carboxylic acids is 1. The Hall–Kier alpha value is -2.63. The topological polar surface area (TPSA) is 62.5 Å². The van der Waals surface area contributed by atoms with E-state index in [0.29, 0.717) is 5.56 Å². The van der Waals surface area contributed by atoms with Crippen molar-refractivity contribution in [3.8, 4) is 5.69 Å². The standard InChI is InChI=1S/C19H21FN2O3/c1-12-4-7-16(22-13(2)5-6-14(22)3)15(10-12)17(23)21-9-8-19(20,11-21)18(24)25/h4-7,10H,8-9,11H2,1-3H3,(H,24,25). The Kier molecular flexibility index (Phi) is 4.14. The summed E-state index contributed by atoms with van der Waals surface area (Å²) in [7, 11) is 0. The van der Waals surface area contributed by atoms with Crippen molar-refractivity contribution < 1.29 is 19.1 Å². The first-order chi connectivity index (χ1) is 11.7. The summed E-state index contributed by atoms with van der Waals surface area (Å²) in [6.45, 7) is 5.47. The van der Waals surface area contributed by atoms with E-state index in [-0.39, 0.29) is 18.9 Å². The van der Waals surface area contributed by atoms with E-state index >= 15 is 0 Å². The van der Waals surface area contributed by atoms with Gasteiger partial charge in [0.05, 0.1) is 17.8 Å². The summed E-state index contributed by atoms with van der Waals surface area (Å²) in [6, 6.07) is 9.51. The molecule has 1 fully saturated rings. The van der Waals surface area contributed by atoms with Gasteiger partial charge in [0.1, 0.15) is 0 Å². The largest absolute Gasteiger partial charge is 0.479 e. The van der Waals surface area contributed by atoms with Gasteiger partial charge in [0.25, 0.3) is 5.91 Å². The van der Waals surface area contributed by atoms with Crippen LogP contribution in [0.2, 0.25) is 0 Å². The highest BCUT2D eigenvalue weighted by Gasteiger charge is 2.47. The number of amides is 1. The fourth-order valence-electron chi connectivity index (χ4n) is 3.36. The number of hydrogen-bond donors (Lipinski definition) is 1.